The highest BCUT2D eigenvalue weighted by molar-refractivity contribution is 6.12. The zero-order chi connectivity index (χ0) is 23.7. The van der Waals surface area contributed by atoms with Gasteiger partial charge in [-0.15, -0.1) is 10.2 Å². The maximum absolute atomic E-state index is 13.7. The van der Waals surface area contributed by atoms with Crippen LogP contribution in [0.25, 0.3) is 11.5 Å². The molecule has 3 aromatic rings. The van der Waals surface area contributed by atoms with Gasteiger partial charge in [0, 0.05) is 30.3 Å². The van der Waals surface area contributed by atoms with Gasteiger partial charge in [0.2, 0.25) is 5.89 Å². The largest absolute Gasteiger partial charge is 0.470 e. The highest BCUT2D eigenvalue weighted by Gasteiger charge is 2.55. The third kappa shape index (κ3) is 2.99. The predicted octanol–water partition coefficient (Wildman–Crippen LogP) is 3.42. The number of nitrogens with one attached hydrogen (secondary N) is 1. The Hall–Kier alpha value is -3.60. The van der Waals surface area contributed by atoms with Gasteiger partial charge in [0.1, 0.15) is 5.69 Å². The van der Waals surface area contributed by atoms with Crippen molar-refractivity contribution >= 4 is 11.8 Å². The first-order valence-corrected chi connectivity index (χ1v) is 10.7. The van der Waals surface area contributed by atoms with Crippen LogP contribution in [-0.2, 0) is 21.9 Å². The minimum absolute atomic E-state index is 0.0968. The molecule has 1 aliphatic carbocycles. The summed E-state index contributed by atoms with van der Waals surface area (Å²) < 4.78 is 48.6. The number of pyridine rings is 1. The number of fused-ring (bicyclic) bond motifs is 2. The molecule has 3 aliphatic rings. The van der Waals surface area contributed by atoms with Crippen molar-refractivity contribution in [2.45, 2.75) is 36.5 Å². The number of nitrogens with zero attached hydrogens (tertiary/aromatic N) is 3. The smallest absolute Gasteiger partial charge is 0.449 e. The number of alkyl halides is 3. The minimum atomic E-state index is -4.73. The summed E-state index contributed by atoms with van der Waals surface area (Å²) >= 11 is 0. The fourth-order valence-corrected chi connectivity index (χ4v) is 4.87. The summed E-state index contributed by atoms with van der Waals surface area (Å²) in [4.78, 5) is 30.7. The Labute approximate surface area is 190 Å². The summed E-state index contributed by atoms with van der Waals surface area (Å²) in [5, 5.41) is 9.69. The number of ether oxygens (including phenoxy) is 1. The SMILES string of the molecule is O=C1OC2(CCNC2)c2ccnc(C(=O)C3(c4ccc(-c5nnc(C(F)(F)F)o5)cc4)CC3)c21. The molecule has 4 heterocycles. The molecular formula is C23H17F3N4O4. The van der Waals surface area contributed by atoms with Gasteiger partial charge in [0.15, 0.2) is 11.4 Å². The van der Waals surface area contributed by atoms with Crippen LogP contribution in [0.15, 0.2) is 40.9 Å². The Balaban J connectivity index is 1.32. The zero-order valence-electron chi connectivity index (χ0n) is 17.6. The van der Waals surface area contributed by atoms with Gasteiger partial charge in [-0.3, -0.25) is 9.78 Å². The number of carbonyl (C=O) groups excluding carboxylic acids is 2. The zero-order valence-corrected chi connectivity index (χ0v) is 17.6. The van der Waals surface area contributed by atoms with Crippen LogP contribution in [0.3, 0.4) is 0 Å². The van der Waals surface area contributed by atoms with Gasteiger partial charge >= 0.3 is 18.0 Å². The average Bonchev–Trinajstić information content (AvgIpc) is 3.15. The lowest BCUT2D eigenvalue weighted by Crippen LogP contribution is -2.29. The van der Waals surface area contributed by atoms with Crippen LogP contribution in [-0.4, -0.2) is 40.0 Å². The van der Waals surface area contributed by atoms with E-state index in [-0.39, 0.29) is 22.9 Å². The summed E-state index contributed by atoms with van der Waals surface area (Å²) in [6, 6.07) is 8.11. The highest BCUT2D eigenvalue weighted by atomic mass is 19.4. The van der Waals surface area contributed by atoms with E-state index in [9.17, 15) is 22.8 Å². The lowest BCUT2D eigenvalue weighted by atomic mass is 9.85. The number of benzene rings is 1. The molecule has 1 saturated carbocycles. The molecule has 8 nitrogen and oxygen atoms in total. The lowest BCUT2D eigenvalue weighted by molar-refractivity contribution is -0.156. The molecule has 0 radical (unpaired) electrons. The van der Waals surface area contributed by atoms with Crippen LogP contribution in [0.1, 0.15) is 57.1 Å². The van der Waals surface area contributed by atoms with Gasteiger partial charge in [0.05, 0.1) is 11.0 Å². The molecule has 2 aliphatic heterocycles. The molecule has 34 heavy (non-hydrogen) atoms. The number of carbonyl (C=O) groups is 2. The standard InChI is InChI=1S/C23H17F3N4O4/c24-23(25,26)20-30-29-18(33-20)12-1-3-13(4-2-12)21(6-7-21)17(31)16-15-14(5-9-28-16)22(34-19(15)32)8-10-27-11-22/h1-5,9,27H,6-8,10-11H2. The molecule has 2 aromatic heterocycles. The van der Waals surface area contributed by atoms with Crippen LogP contribution in [0.5, 0.6) is 0 Å². The molecule has 2 fully saturated rings. The van der Waals surface area contributed by atoms with Crippen LogP contribution in [0.4, 0.5) is 13.2 Å². The van der Waals surface area contributed by atoms with E-state index in [2.05, 4.69) is 20.5 Å². The van der Waals surface area contributed by atoms with E-state index < -0.39 is 29.1 Å². The van der Waals surface area contributed by atoms with Gasteiger partial charge in [-0.1, -0.05) is 12.1 Å². The van der Waals surface area contributed by atoms with Crippen molar-refractivity contribution in [1.82, 2.24) is 20.5 Å². The Kier molecular flexibility index (Phi) is 4.29. The van der Waals surface area contributed by atoms with E-state index in [1.165, 1.54) is 18.3 Å². The van der Waals surface area contributed by atoms with Crippen molar-refractivity contribution in [2.24, 2.45) is 0 Å². The van der Waals surface area contributed by atoms with Crippen molar-refractivity contribution in [3.05, 3.63) is 64.8 Å². The molecule has 0 bridgehead atoms. The van der Waals surface area contributed by atoms with Crippen molar-refractivity contribution in [3.8, 4) is 11.5 Å². The van der Waals surface area contributed by atoms with Crippen LogP contribution >= 0.6 is 0 Å². The molecular weight excluding hydrogens is 453 g/mol. The number of aromatic nitrogens is 3. The fraction of sp³-hybridized carbons (Fsp3) is 0.348. The first kappa shape index (κ1) is 21.0. The molecule has 1 spiro atoms. The van der Waals surface area contributed by atoms with Crippen LogP contribution in [0.2, 0.25) is 0 Å². The second-order valence-electron chi connectivity index (χ2n) is 8.79. The minimum Gasteiger partial charge on any atom is -0.449 e. The van der Waals surface area contributed by atoms with E-state index in [1.807, 2.05) is 0 Å². The van der Waals surface area contributed by atoms with E-state index in [0.717, 1.165) is 0 Å². The second-order valence-corrected chi connectivity index (χ2v) is 8.79. The predicted molar refractivity (Wildman–Crippen MR) is 109 cm³/mol. The number of halogens is 3. The summed E-state index contributed by atoms with van der Waals surface area (Å²) in [7, 11) is 0. The topological polar surface area (TPSA) is 107 Å². The maximum atomic E-state index is 13.7. The van der Waals surface area contributed by atoms with Gasteiger partial charge in [0.25, 0.3) is 0 Å². The van der Waals surface area contributed by atoms with Gasteiger partial charge in [-0.2, -0.15) is 13.2 Å². The molecule has 1 atom stereocenters. The third-order valence-electron chi connectivity index (χ3n) is 6.80. The van der Waals surface area contributed by atoms with E-state index in [4.69, 9.17) is 9.15 Å². The first-order chi connectivity index (χ1) is 16.2. The number of rotatable bonds is 4. The highest BCUT2D eigenvalue weighted by Crippen LogP contribution is 2.52. The maximum Gasteiger partial charge on any atom is 0.470 e. The van der Waals surface area contributed by atoms with Crippen molar-refractivity contribution in [1.29, 1.82) is 0 Å². The van der Waals surface area contributed by atoms with Crippen molar-refractivity contribution < 1.29 is 31.9 Å². The second kappa shape index (κ2) is 6.95. The molecule has 1 N–H and O–H groups in total. The molecule has 0 amide bonds. The average molecular weight is 470 g/mol. The van der Waals surface area contributed by atoms with Crippen molar-refractivity contribution in [2.75, 3.05) is 13.1 Å². The van der Waals surface area contributed by atoms with Gasteiger partial charge in [-0.05, 0) is 43.1 Å². The molecule has 1 saturated heterocycles. The number of hydrogen-bond acceptors (Lipinski definition) is 8. The van der Waals surface area contributed by atoms with Gasteiger partial charge in [-0.25, -0.2) is 4.79 Å². The normalized spacial score (nSPS) is 22.6. The molecule has 1 aromatic carbocycles. The van der Waals surface area contributed by atoms with E-state index in [0.29, 0.717) is 49.0 Å². The number of esters is 1. The third-order valence-corrected chi connectivity index (χ3v) is 6.80. The number of ketones is 1. The fourth-order valence-electron chi connectivity index (χ4n) is 4.87. The molecule has 11 heteroatoms. The summed E-state index contributed by atoms with van der Waals surface area (Å²) in [5.41, 5.74) is 0.374. The Morgan fingerprint density at radius 1 is 1.06 bits per heavy atom. The molecule has 1 unspecified atom stereocenters. The molecule has 174 valence electrons. The monoisotopic (exact) mass is 470 g/mol. The molecule has 6 rings (SSSR count). The quantitative estimate of drug-likeness (QED) is 0.457. The van der Waals surface area contributed by atoms with E-state index >= 15 is 0 Å². The Morgan fingerprint density at radius 3 is 2.44 bits per heavy atom. The van der Waals surface area contributed by atoms with Crippen LogP contribution in [0, 0.1) is 0 Å². The number of Topliss-reactive ketones (excluding diaryl/α,β-unsaturated/α-hetero) is 1. The Morgan fingerprint density at radius 2 is 1.82 bits per heavy atom. The summed E-state index contributed by atoms with van der Waals surface area (Å²) in [6.45, 7) is 1.20. The van der Waals surface area contributed by atoms with Crippen molar-refractivity contribution in [3.63, 3.8) is 0 Å². The lowest BCUT2D eigenvalue weighted by Gasteiger charge is -2.21. The van der Waals surface area contributed by atoms with Gasteiger partial charge < -0.3 is 14.5 Å². The van der Waals surface area contributed by atoms with Crippen LogP contribution < -0.4 is 5.32 Å². The summed E-state index contributed by atoms with van der Waals surface area (Å²) in [5.74, 6) is -2.50. The summed E-state index contributed by atoms with van der Waals surface area (Å²) in [6.07, 6.45) is -1.44. The Bertz CT molecular complexity index is 1320. The van der Waals surface area contributed by atoms with E-state index in [1.54, 1.807) is 18.2 Å². The first-order valence-electron chi connectivity index (χ1n) is 10.7. The number of hydrogen-bond donors (Lipinski definition) is 1.